The average molecular weight is 300 g/mol. The van der Waals surface area contributed by atoms with Gasteiger partial charge in [-0.3, -0.25) is 4.79 Å². The maximum absolute atomic E-state index is 13.7. The number of amides is 1. The van der Waals surface area contributed by atoms with E-state index in [1.165, 1.54) is 18.9 Å². The molecule has 92 valence electrons. The van der Waals surface area contributed by atoms with Gasteiger partial charge in [0.2, 0.25) is 0 Å². The van der Waals surface area contributed by atoms with Crippen LogP contribution < -0.4 is 5.32 Å². The zero-order valence-corrected chi connectivity index (χ0v) is 11.3. The molecule has 1 amide bonds. The Morgan fingerprint density at radius 3 is 2.94 bits per heavy atom. The first-order valence-electron chi connectivity index (χ1n) is 5.83. The molecule has 1 aliphatic rings. The third kappa shape index (κ3) is 3.28. The van der Waals surface area contributed by atoms with E-state index >= 15 is 0 Å². The molecule has 1 aliphatic carbocycles. The lowest BCUT2D eigenvalue weighted by atomic mass is 10.1. The summed E-state index contributed by atoms with van der Waals surface area (Å²) < 4.78 is 14.0. The third-order valence-corrected chi connectivity index (χ3v) is 3.57. The number of benzene rings is 1. The van der Waals surface area contributed by atoms with Crippen molar-refractivity contribution < 1.29 is 9.18 Å². The number of hydrogen-bond donors (Lipinski definition) is 1. The molecular weight excluding hydrogens is 285 g/mol. The molecule has 1 atom stereocenters. The molecule has 0 bridgehead atoms. The summed E-state index contributed by atoms with van der Waals surface area (Å²) in [5.74, 6) is -0.0850. The van der Waals surface area contributed by atoms with Gasteiger partial charge in [-0.15, -0.1) is 0 Å². The first kappa shape index (κ1) is 12.6. The van der Waals surface area contributed by atoms with Crippen LogP contribution in [0.2, 0.25) is 0 Å². The second kappa shape index (κ2) is 5.17. The molecule has 1 N–H and O–H groups in total. The zero-order valence-electron chi connectivity index (χ0n) is 9.67. The van der Waals surface area contributed by atoms with E-state index < -0.39 is 5.82 Å². The highest BCUT2D eigenvalue weighted by Crippen LogP contribution is 2.33. The van der Waals surface area contributed by atoms with Crippen LogP contribution in [0.15, 0.2) is 22.7 Å². The molecule has 17 heavy (non-hydrogen) atoms. The minimum absolute atomic E-state index is 0.0991. The van der Waals surface area contributed by atoms with Crippen molar-refractivity contribution >= 4 is 21.8 Å². The molecule has 2 nitrogen and oxygen atoms in total. The van der Waals surface area contributed by atoms with Crippen LogP contribution in [-0.4, -0.2) is 11.9 Å². The molecule has 0 saturated heterocycles. The molecule has 1 fully saturated rings. The fourth-order valence-corrected chi connectivity index (χ4v) is 2.26. The fourth-order valence-electron chi connectivity index (χ4n) is 1.89. The van der Waals surface area contributed by atoms with Gasteiger partial charge in [0.15, 0.2) is 0 Å². The second-order valence-corrected chi connectivity index (χ2v) is 5.51. The van der Waals surface area contributed by atoms with E-state index in [4.69, 9.17) is 0 Å². The normalized spacial score (nSPS) is 16.6. The predicted molar refractivity (Wildman–Crippen MR) is 68.4 cm³/mol. The van der Waals surface area contributed by atoms with Crippen molar-refractivity contribution in [1.82, 2.24) is 5.32 Å². The average Bonchev–Trinajstić information content (AvgIpc) is 3.05. The number of carbonyl (C=O) groups excluding carboxylic acids is 1. The summed E-state index contributed by atoms with van der Waals surface area (Å²) in [6.07, 6.45) is 3.50. The molecule has 4 heteroatoms. The van der Waals surface area contributed by atoms with Gasteiger partial charge in [-0.2, -0.15) is 0 Å². The van der Waals surface area contributed by atoms with Gasteiger partial charge in [-0.1, -0.05) is 18.9 Å². The first-order chi connectivity index (χ1) is 8.08. The van der Waals surface area contributed by atoms with Gasteiger partial charge >= 0.3 is 0 Å². The standard InChI is InChI=1S/C13H15BrFNO/c1-8(7-9-5-6-9)16-13(17)10-3-2-4-11(14)12(10)15/h2-4,8-9H,5-7H2,1H3,(H,16,17). The summed E-state index contributed by atoms with van der Waals surface area (Å²) in [6.45, 7) is 1.96. The van der Waals surface area contributed by atoms with Crippen LogP contribution in [0.25, 0.3) is 0 Å². The van der Waals surface area contributed by atoms with E-state index in [2.05, 4.69) is 21.2 Å². The first-order valence-corrected chi connectivity index (χ1v) is 6.62. The van der Waals surface area contributed by atoms with Gasteiger partial charge in [-0.25, -0.2) is 4.39 Å². The highest BCUT2D eigenvalue weighted by Gasteiger charge is 2.25. The fraction of sp³-hybridized carbons (Fsp3) is 0.462. The van der Waals surface area contributed by atoms with E-state index in [0.29, 0.717) is 4.47 Å². The van der Waals surface area contributed by atoms with Crippen molar-refractivity contribution in [2.45, 2.75) is 32.2 Å². The van der Waals surface area contributed by atoms with Crippen molar-refractivity contribution in [3.05, 3.63) is 34.1 Å². The Kier molecular flexibility index (Phi) is 3.82. The summed E-state index contributed by atoms with van der Waals surface area (Å²) in [4.78, 5) is 11.9. The van der Waals surface area contributed by atoms with Crippen LogP contribution in [-0.2, 0) is 0 Å². The molecule has 1 saturated carbocycles. The van der Waals surface area contributed by atoms with Gasteiger partial charge in [0.05, 0.1) is 10.0 Å². The van der Waals surface area contributed by atoms with Crippen LogP contribution >= 0.6 is 15.9 Å². The highest BCUT2D eigenvalue weighted by molar-refractivity contribution is 9.10. The number of carbonyl (C=O) groups is 1. The van der Waals surface area contributed by atoms with Crippen LogP contribution in [0.5, 0.6) is 0 Å². The minimum Gasteiger partial charge on any atom is -0.349 e. The van der Waals surface area contributed by atoms with Crippen LogP contribution in [0, 0.1) is 11.7 Å². The summed E-state index contributed by atoms with van der Waals surface area (Å²) in [5, 5.41) is 2.84. The number of rotatable bonds is 4. The van der Waals surface area contributed by atoms with Crippen molar-refractivity contribution in [2.24, 2.45) is 5.92 Å². The lowest BCUT2D eigenvalue weighted by Crippen LogP contribution is -2.33. The molecule has 1 aromatic rings. The molecule has 2 rings (SSSR count). The zero-order chi connectivity index (χ0) is 12.4. The van der Waals surface area contributed by atoms with Crippen LogP contribution in [0.3, 0.4) is 0 Å². The molecule has 0 heterocycles. The molecule has 0 aliphatic heterocycles. The molecule has 1 aromatic carbocycles. The van der Waals surface area contributed by atoms with Gasteiger partial charge < -0.3 is 5.32 Å². The predicted octanol–water partition coefficient (Wildman–Crippen LogP) is 3.51. The lowest BCUT2D eigenvalue weighted by Gasteiger charge is -2.13. The van der Waals surface area contributed by atoms with Crippen LogP contribution in [0.1, 0.15) is 36.5 Å². The quantitative estimate of drug-likeness (QED) is 0.906. The third-order valence-electron chi connectivity index (χ3n) is 2.96. The summed E-state index contributed by atoms with van der Waals surface area (Å²) in [7, 11) is 0. The SMILES string of the molecule is CC(CC1CC1)NC(=O)c1cccc(Br)c1F. The smallest absolute Gasteiger partial charge is 0.254 e. The van der Waals surface area contributed by atoms with Crippen molar-refractivity contribution in [1.29, 1.82) is 0 Å². The maximum atomic E-state index is 13.7. The molecule has 1 unspecified atom stereocenters. The van der Waals surface area contributed by atoms with Gasteiger partial charge in [0.1, 0.15) is 5.82 Å². The largest absolute Gasteiger partial charge is 0.349 e. The van der Waals surface area contributed by atoms with E-state index in [-0.39, 0.29) is 17.5 Å². The Bertz CT molecular complexity index is 431. The van der Waals surface area contributed by atoms with Crippen LogP contribution in [0.4, 0.5) is 4.39 Å². The Hall–Kier alpha value is -0.900. The summed E-state index contributed by atoms with van der Waals surface area (Å²) in [6, 6.07) is 4.85. The van der Waals surface area contributed by atoms with Crippen molar-refractivity contribution in [3.63, 3.8) is 0 Å². The number of halogens is 2. The van der Waals surface area contributed by atoms with Crippen molar-refractivity contribution in [3.8, 4) is 0 Å². The summed E-state index contributed by atoms with van der Waals surface area (Å²) >= 11 is 3.08. The molecular formula is C13H15BrFNO. The Morgan fingerprint density at radius 2 is 2.29 bits per heavy atom. The second-order valence-electron chi connectivity index (χ2n) is 4.65. The van der Waals surface area contributed by atoms with E-state index in [0.717, 1.165) is 12.3 Å². The van der Waals surface area contributed by atoms with Gasteiger partial charge in [-0.05, 0) is 47.3 Å². The minimum atomic E-state index is -0.497. The Labute approximate surface area is 109 Å². The number of hydrogen-bond acceptors (Lipinski definition) is 1. The Morgan fingerprint density at radius 1 is 1.59 bits per heavy atom. The van der Waals surface area contributed by atoms with E-state index in [9.17, 15) is 9.18 Å². The van der Waals surface area contributed by atoms with Gasteiger partial charge in [0, 0.05) is 6.04 Å². The maximum Gasteiger partial charge on any atom is 0.254 e. The lowest BCUT2D eigenvalue weighted by molar-refractivity contribution is 0.0933. The van der Waals surface area contributed by atoms with E-state index in [1.54, 1.807) is 12.1 Å². The number of nitrogens with one attached hydrogen (secondary N) is 1. The van der Waals surface area contributed by atoms with Crippen molar-refractivity contribution in [2.75, 3.05) is 0 Å². The highest BCUT2D eigenvalue weighted by atomic mass is 79.9. The van der Waals surface area contributed by atoms with Gasteiger partial charge in [0.25, 0.3) is 5.91 Å². The van der Waals surface area contributed by atoms with E-state index in [1.807, 2.05) is 6.92 Å². The molecule has 0 radical (unpaired) electrons. The molecule has 0 aromatic heterocycles. The monoisotopic (exact) mass is 299 g/mol. The molecule has 0 spiro atoms. The topological polar surface area (TPSA) is 29.1 Å². The summed E-state index contributed by atoms with van der Waals surface area (Å²) in [5.41, 5.74) is 0.0991. The Balaban J connectivity index is 2.00.